The lowest BCUT2D eigenvalue weighted by atomic mass is 9.95. The van der Waals surface area contributed by atoms with Gasteiger partial charge in [-0.15, -0.1) is 0 Å². The molecule has 1 aliphatic heterocycles. The van der Waals surface area contributed by atoms with Crippen LogP contribution in [0.5, 0.6) is 0 Å². The monoisotopic (exact) mass is 461 g/mol. The van der Waals surface area contributed by atoms with Crippen molar-refractivity contribution in [2.45, 2.75) is 6.04 Å². The summed E-state index contributed by atoms with van der Waals surface area (Å²) < 4.78 is 4.02. The van der Waals surface area contributed by atoms with Gasteiger partial charge in [0.25, 0.3) is 11.8 Å². The molecule has 0 bridgehead atoms. The maximum absolute atomic E-state index is 13.2. The maximum Gasteiger partial charge on any atom is 0.259 e. The first kappa shape index (κ1) is 21.1. The highest BCUT2D eigenvalue weighted by molar-refractivity contribution is 6.50. The van der Waals surface area contributed by atoms with E-state index in [9.17, 15) is 9.59 Å². The smallest absolute Gasteiger partial charge is 0.259 e. The minimum absolute atomic E-state index is 0.225. The molecular weight excluding hydrogens is 438 g/mol. The molecule has 6 rings (SSSR count). The van der Waals surface area contributed by atoms with Gasteiger partial charge in [0.15, 0.2) is 0 Å². The average Bonchev–Trinajstić information content (AvgIpc) is 3.51. The van der Waals surface area contributed by atoms with Gasteiger partial charge in [-0.1, -0.05) is 42.5 Å². The molecule has 3 aromatic heterocycles. The van der Waals surface area contributed by atoms with Crippen molar-refractivity contribution in [3.05, 3.63) is 102 Å². The number of nitrogens with zero attached hydrogens (tertiary/aromatic N) is 3. The molecule has 7 nitrogen and oxygen atoms in total. The standard InChI is InChI=1S/C28H23N5O2/c1-32-15-19(17-8-2-4-11-22(17)32)25-26(28(35)31-27(25)34)20-16-33(23-12-5-3-9-18(20)23)24(14-29)21-10-6-7-13-30-21/h2-13,15-16,24H,14,29H2,1H3,(H,31,34,35). The third-order valence-corrected chi connectivity index (χ3v) is 6.70. The predicted octanol–water partition coefficient (Wildman–Crippen LogP) is 3.64. The van der Waals surface area contributed by atoms with Gasteiger partial charge in [-0.3, -0.25) is 19.9 Å². The predicted molar refractivity (Wildman–Crippen MR) is 136 cm³/mol. The van der Waals surface area contributed by atoms with E-state index in [1.54, 1.807) is 6.20 Å². The number of hydrogen-bond donors (Lipinski definition) is 2. The minimum Gasteiger partial charge on any atom is -0.350 e. The molecule has 0 saturated carbocycles. The Morgan fingerprint density at radius 3 is 2.09 bits per heavy atom. The fourth-order valence-electron chi connectivity index (χ4n) is 5.12. The molecular formula is C28H23N5O2. The molecule has 1 aliphatic rings. The number of pyridine rings is 1. The van der Waals surface area contributed by atoms with Gasteiger partial charge in [-0.05, 0) is 24.3 Å². The van der Waals surface area contributed by atoms with E-state index in [0.29, 0.717) is 23.3 Å². The second-order valence-electron chi connectivity index (χ2n) is 8.68. The van der Waals surface area contributed by atoms with Crippen LogP contribution in [0.2, 0.25) is 0 Å². The molecule has 35 heavy (non-hydrogen) atoms. The molecule has 1 atom stereocenters. The Morgan fingerprint density at radius 1 is 0.829 bits per heavy atom. The van der Waals surface area contributed by atoms with Gasteiger partial charge in [0.1, 0.15) is 0 Å². The molecule has 7 heteroatoms. The van der Waals surface area contributed by atoms with Gasteiger partial charge in [-0.25, -0.2) is 0 Å². The Balaban J connectivity index is 1.64. The van der Waals surface area contributed by atoms with Crippen molar-refractivity contribution in [1.82, 2.24) is 19.4 Å². The van der Waals surface area contributed by atoms with E-state index in [1.807, 2.05) is 90.7 Å². The van der Waals surface area contributed by atoms with E-state index >= 15 is 0 Å². The van der Waals surface area contributed by atoms with Crippen molar-refractivity contribution >= 4 is 44.8 Å². The van der Waals surface area contributed by atoms with E-state index in [1.165, 1.54) is 0 Å². The molecule has 0 fully saturated rings. The fourth-order valence-corrected chi connectivity index (χ4v) is 5.12. The van der Waals surface area contributed by atoms with Crippen molar-refractivity contribution in [3.8, 4) is 0 Å². The lowest BCUT2D eigenvalue weighted by molar-refractivity contribution is -0.122. The second kappa shape index (κ2) is 8.07. The second-order valence-corrected chi connectivity index (χ2v) is 8.68. The van der Waals surface area contributed by atoms with Gasteiger partial charge in [0, 0.05) is 65.1 Å². The summed E-state index contributed by atoms with van der Waals surface area (Å²) in [4.78, 5) is 30.9. The number of amides is 2. The third kappa shape index (κ3) is 3.20. The molecule has 0 spiro atoms. The van der Waals surface area contributed by atoms with Crippen molar-refractivity contribution in [2.24, 2.45) is 12.8 Å². The summed E-state index contributed by atoms with van der Waals surface area (Å²) in [5.41, 5.74) is 11.1. The Morgan fingerprint density at radius 2 is 1.43 bits per heavy atom. The number of nitrogens with two attached hydrogens (primary N) is 1. The van der Waals surface area contributed by atoms with Gasteiger partial charge >= 0.3 is 0 Å². The summed E-state index contributed by atoms with van der Waals surface area (Å²) in [6.45, 7) is 0.329. The van der Waals surface area contributed by atoms with Gasteiger partial charge < -0.3 is 14.9 Å². The highest BCUT2D eigenvalue weighted by atomic mass is 16.2. The highest BCUT2D eigenvalue weighted by Gasteiger charge is 2.35. The summed E-state index contributed by atoms with van der Waals surface area (Å²) in [6.07, 6.45) is 5.58. The first-order valence-electron chi connectivity index (χ1n) is 11.4. The normalized spacial score (nSPS) is 14.8. The highest BCUT2D eigenvalue weighted by Crippen LogP contribution is 2.39. The van der Waals surface area contributed by atoms with Crippen LogP contribution in [0.4, 0.5) is 0 Å². The zero-order chi connectivity index (χ0) is 24.1. The average molecular weight is 462 g/mol. The van der Waals surface area contributed by atoms with Crippen LogP contribution in [0.15, 0.2) is 85.3 Å². The molecule has 0 radical (unpaired) electrons. The van der Waals surface area contributed by atoms with Crippen LogP contribution in [0, 0.1) is 0 Å². The lowest BCUT2D eigenvalue weighted by Crippen LogP contribution is -2.22. The maximum atomic E-state index is 13.2. The van der Waals surface area contributed by atoms with Crippen LogP contribution < -0.4 is 11.1 Å². The number of benzene rings is 2. The van der Waals surface area contributed by atoms with E-state index < -0.39 is 11.8 Å². The molecule has 0 aliphatic carbocycles. The number of aromatic nitrogens is 3. The van der Waals surface area contributed by atoms with Crippen molar-refractivity contribution < 1.29 is 9.59 Å². The van der Waals surface area contributed by atoms with E-state index in [0.717, 1.165) is 33.1 Å². The van der Waals surface area contributed by atoms with Crippen molar-refractivity contribution in [2.75, 3.05) is 6.54 Å². The number of fused-ring (bicyclic) bond motifs is 2. The Kier molecular flexibility index (Phi) is 4.86. The Labute approximate surface area is 201 Å². The lowest BCUT2D eigenvalue weighted by Gasteiger charge is -2.17. The number of hydrogen-bond acceptors (Lipinski definition) is 4. The van der Waals surface area contributed by atoms with Crippen molar-refractivity contribution in [1.29, 1.82) is 0 Å². The Bertz CT molecular complexity index is 1660. The molecule has 5 aromatic rings. The van der Waals surface area contributed by atoms with Crippen LogP contribution in [-0.2, 0) is 16.6 Å². The summed E-state index contributed by atoms with van der Waals surface area (Å²) in [5.74, 6) is -0.791. The van der Waals surface area contributed by atoms with Gasteiger partial charge in [0.2, 0.25) is 0 Å². The molecule has 0 saturated heterocycles. The van der Waals surface area contributed by atoms with Crippen LogP contribution in [0.1, 0.15) is 22.9 Å². The molecule has 3 N–H and O–H groups in total. The van der Waals surface area contributed by atoms with Crippen LogP contribution >= 0.6 is 0 Å². The minimum atomic E-state index is -0.400. The summed E-state index contributed by atoms with van der Waals surface area (Å²) in [6, 6.07) is 21.2. The first-order chi connectivity index (χ1) is 17.1. The Hall–Kier alpha value is -4.49. The number of nitrogens with one attached hydrogen (secondary N) is 1. The molecule has 2 aromatic carbocycles. The fraction of sp³-hybridized carbons (Fsp3) is 0.107. The summed E-state index contributed by atoms with van der Waals surface area (Å²) >= 11 is 0. The number of carbonyl (C=O) groups excluding carboxylic acids is 2. The third-order valence-electron chi connectivity index (χ3n) is 6.70. The zero-order valence-electron chi connectivity index (χ0n) is 19.1. The quantitative estimate of drug-likeness (QED) is 0.391. The number of para-hydroxylation sites is 2. The first-order valence-corrected chi connectivity index (χ1v) is 11.4. The molecule has 172 valence electrons. The zero-order valence-corrected chi connectivity index (χ0v) is 19.1. The van der Waals surface area contributed by atoms with Crippen LogP contribution in [0.25, 0.3) is 33.0 Å². The molecule has 4 heterocycles. The summed E-state index contributed by atoms with van der Waals surface area (Å²) in [5, 5.41) is 4.32. The summed E-state index contributed by atoms with van der Waals surface area (Å²) in [7, 11) is 1.94. The number of carbonyl (C=O) groups is 2. The van der Waals surface area contributed by atoms with Gasteiger partial charge in [0.05, 0.1) is 22.9 Å². The van der Waals surface area contributed by atoms with Gasteiger partial charge in [-0.2, -0.15) is 0 Å². The van der Waals surface area contributed by atoms with Crippen LogP contribution in [0.3, 0.4) is 0 Å². The molecule has 1 unspecified atom stereocenters. The van der Waals surface area contributed by atoms with Crippen molar-refractivity contribution in [3.63, 3.8) is 0 Å². The van der Waals surface area contributed by atoms with Crippen LogP contribution in [-0.4, -0.2) is 32.5 Å². The van der Waals surface area contributed by atoms with E-state index in [-0.39, 0.29) is 6.04 Å². The number of imide groups is 1. The SMILES string of the molecule is Cn1cc(C2=C(c3cn(C(CN)c4ccccn4)c4ccccc34)C(=O)NC2=O)c2ccccc21. The van der Waals surface area contributed by atoms with E-state index in [4.69, 9.17) is 5.73 Å². The number of aryl methyl sites for hydroxylation is 1. The van der Waals surface area contributed by atoms with E-state index in [2.05, 4.69) is 14.9 Å². The molecule has 2 amide bonds. The largest absolute Gasteiger partial charge is 0.350 e. The topological polar surface area (TPSA) is 94.9 Å². The number of rotatable bonds is 5.